The molecule has 2 nitrogen and oxygen atoms in total. The lowest BCUT2D eigenvalue weighted by molar-refractivity contribution is 0.271. The summed E-state index contributed by atoms with van der Waals surface area (Å²) in [6.45, 7) is 11.8. The van der Waals surface area contributed by atoms with E-state index in [1.165, 1.54) is 25.7 Å². The van der Waals surface area contributed by atoms with E-state index >= 15 is 0 Å². The third-order valence-corrected chi connectivity index (χ3v) is 3.85. The quantitative estimate of drug-likeness (QED) is 0.557. The van der Waals surface area contributed by atoms with Crippen LogP contribution in [0, 0.1) is 17.8 Å². The third kappa shape index (κ3) is 9.90. The third-order valence-electron chi connectivity index (χ3n) is 3.85. The highest BCUT2D eigenvalue weighted by molar-refractivity contribution is 4.65. The number of rotatable bonds is 12. The summed E-state index contributed by atoms with van der Waals surface area (Å²) in [4.78, 5) is 0. The van der Waals surface area contributed by atoms with Crippen molar-refractivity contribution < 1.29 is 5.11 Å². The lowest BCUT2D eigenvalue weighted by atomic mass is 9.90. The number of aliphatic hydroxyl groups is 1. The van der Waals surface area contributed by atoms with Crippen molar-refractivity contribution >= 4 is 0 Å². The molecule has 18 heavy (non-hydrogen) atoms. The summed E-state index contributed by atoms with van der Waals surface area (Å²) in [5.41, 5.74) is 0. The van der Waals surface area contributed by atoms with Crippen molar-refractivity contribution in [1.82, 2.24) is 5.32 Å². The zero-order valence-corrected chi connectivity index (χ0v) is 13.0. The van der Waals surface area contributed by atoms with Gasteiger partial charge in [0.2, 0.25) is 0 Å². The summed E-state index contributed by atoms with van der Waals surface area (Å²) in [6.07, 6.45) is 7.45. The van der Waals surface area contributed by atoms with E-state index < -0.39 is 0 Å². The van der Waals surface area contributed by atoms with E-state index in [9.17, 15) is 0 Å². The maximum absolute atomic E-state index is 8.79. The molecule has 3 unspecified atom stereocenters. The molecule has 0 amide bonds. The predicted octanol–water partition coefficient (Wildman–Crippen LogP) is 3.84. The van der Waals surface area contributed by atoms with Gasteiger partial charge in [-0.1, -0.05) is 47.0 Å². The summed E-state index contributed by atoms with van der Waals surface area (Å²) in [7, 11) is 0. The first-order valence-corrected chi connectivity index (χ1v) is 7.95. The van der Waals surface area contributed by atoms with Crippen molar-refractivity contribution in [3.05, 3.63) is 0 Å². The number of hydrogen-bond donors (Lipinski definition) is 2. The molecule has 0 radical (unpaired) electrons. The number of hydrogen-bond acceptors (Lipinski definition) is 2. The van der Waals surface area contributed by atoms with Gasteiger partial charge in [-0.2, -0.15) is 0 Å². The lowest BCUT2D eigenvalue weighted by Gasteiger charge is -2.20. The summed E-state index contributed by atoms with van der Waals surface area (Å²) in [6, 6.07) is 0. The van der Waals surface area contributed by atoms with Gasteiger partial charge in [-0.05, 0) is 50.1 Å². The van der Waals surface area contributed by atoms with E-state index in [1.807, 2.05) is 0 Å². The molecule has 0 fully saturated rings. The van der Waals surface area contributed by atoms with Crippen molar-refractivity contribution in [2.24, 2.45) is 17.8 Å². The fourth-order valence-electron chi connectivity index (χ4n) is 2.67. The zero-order chi connectivity index (χ0) is 13.8. The average molecular weight is 257 g/mol. The van der Waals surface area contributed by atoms with Crippen LogP contribution < -0.4 is 5.32 Å². The first-order valence-electron chi connectivity index (χ1n) is 7.95. The highest BCUT2D eigenvalue weighted by Crippen LogP contribution is 2.20. The van der Waals surface area contributed by atoms with Crippen LogP contribution in [0.15, 0.2) is 0 Å². The van der Waals surface area contributed by atoms with Gasteiger partial charge in [-0.3, -0.25) is 0 Å². The molecule has 110 valence electrons. The predicted molar refractivity (Wildman–Crippen MR) is 80.8 cm³/mol. The van der Waals surface area contributed by atoms with Crippen LogP contribution >= 0.6 is 0 Å². The van der Waals surface area contributed by atoms with Gasteiger partial charge in [0.1, 0.15) is 0 Å². The Hall–Kier alpha value is -0.0800. The molecule has 3 atom stereocenters. The minimum Gasteiger partial charge on any atom is -0.396 e. The van der Waals surface area contributed by atoms with Crippen LogP contribution in [-0.4, -0.2) is 24.8 Å². The van der Waals surface area contributed by atoms with Crippen LogP contribution in [0.25, 0.3) is 0 Å². The van der Waals surface area contributed by atoms with Crippen molar-refractivity contribution in [3.8, 4) is 0 Å². The monoisotopic (exact) mass is 257 g/mol. The SMILES string of the molecule is CCCC(CC)CC(C)CNCC(C)CCCO. The van der Waals surface area contributed by atoms with Gasteiger partial charge in [-0.15, -0.1) is 0 Å². The average Bonchev–Trinajstić information content (AvgIpc) is 2.35. The molecule has 0 rings (SSSR count). The molecule has 0 aromatic carbocycles. The first-order chi connectivity index (χ1) is 8.63. The zero-order valence-electron chi connectivity index (χ0n) is 13.0. The highest BCUT2D eigenvalue weighted by Gasteiger charge is 2.11. The van der Waals surface area contributed by atoms with Crippen molar-refractivity contribution in [1.29, 1.82) is 0 Å². The van der Waals surface area contributed by atoms with Crippen molar-refractivity contribution in [2.75, 3.05) is 19.7 Å². The van der Waals surface area contributed by atoms with Crippen LogP contribution in [0.5, 0.6) is 0 Å². The lowest BCUT2D eigenvalue weighted by Crippen LogP contribution is -2.27. The summed E-state index contributed by atoms with van der Waals surface area (Å²) in [5.74, 6) is 2.38. The van der Waals surface area contributed by atoms with E-state index in [0.29, 0.717) is 12.5 Å². The molecule has 0 saturated carbocycles. The standard InChI is InChI=1S/C16H35NO/c1-5-8-16(6-2)11-15(4)13-17-12-14(3)9-7-10-18/h14-18H,5-13H2,1-4H3. The van der Waals surface area contributed by atoms with E-state index in [1.54, 1.807) is 0 Å². The highest BCUT2D eigenvalue weighted by atomic mass is 16.2. The molecule has 0 aliphatic carbocycles. The minimum absolute atomic E-state index is 0.329. The molecule has 0 spiro atoms. The van der Waals surface area contributed by atoms with Gasteiger partial charge in [-0.25, -0.2) is 0 Å². The van der Waals surface area contributed by atoms with E-state index in [4.69, 9.17) is 5.11 Å². The summed E-state index contributed by atoms with van der Waals surface area (Å²) in [5, 5.41) is 12.4. The van der Waals surface area contributed by atoms with Crippen LogP contribution in [-0.2, 0) is 0 Å². The molecule has 2 N–H and O–H groups in total. The second kappa shape index (κ2) is 12.0. The van der Waals surface area contributed by atoms with Crippen molar-refractivity contribution in [2.45, 2.75) is 66.2 Å². The Morgan fingerprint density at radius 3 is 2.22 bits per heavy atom. The first kappa shape index (κ1) is 17.9. The Morgan fingerprint density at radius 1 is 1.00 bits per heavy atom. The molecular weight excluding hydrogens is 222 g/mol. The fourth-order valence-corrected chi connectivity index (χ4v) is 2.67. The molecule has 2 heteroatoms. The van der Waals surface area contributed by atoms with Gasteiger partial charge in [0, 0.05) is 6.61 Å². The van der Waals surface area contributed by atoms with Gasteiger partial charge in [0.25, 0.3) is 0 Å². The maximum atomic E-state index is 8.79. The molecular formula is C16H35NO. The Labute approximate surface area is 115 Å². The smallest absolute Gasteiger partial charge is 0.0431 e. The van der Waals surface area contributed by atoms with Gasteiger partial charge < -0.3 is 10.4 Å². The fraction of sp³-hybridized carbons (Fsp3) is 1.00. The molecule has 0 aliphatic heterocycles. The molecule has 0 aromatic heterocycles. The van der Waals surface area contributed by atoms with Crippen LogP contribution in [0.1, 0.15) is 66.2 Å². The molecule has 0 saturated heterocycles. The van der Waals surface area contributed by atoms with E-state index in [-0.39, 0.29) is 0 Å². The topological polar surface area (TPSA) is 32.3 Å². The minimum atomic E-state index is 0.329. The Morgan fingerprint density at radius 2 is 1.67 bits per heavy atom. The normalized spacial score (nSPS) is 16.5. The molecule has 0 bridgehead atoms. The van der Waals surface area contributed by atoms with Crippen LogP contribution in [0.2, 0.25) is 0 Å². The molecule has 0 aromatic rings. The maximum Gasteiger partial charge on any atom is 0.0431 e. The van der Waals surface area contributed by atoms with Crippen molar-refractivity contribution in [3.63, 3.8) is 0 Å². The Bertz CT molecular complexity index is 172. The molecule has 0 heterocycles. The second-order valence-corrected chi connectivity index (χ2v) is 6.03. The largest absolute Gasteiger partial charge is 0.396 e. The van der Waals surface area contributed by atoms with E-state index in [2.05, 4.69) is 33.0 Å². The van der Waals surface area contributed by atoms with Crippen LogP contribution in [0.4, 0.5) is 0 Å². The van der Waals surface area contributed by atoms with E-state index in [0.717, 1.165) is 37.8 Å². The number of aliphatic hydroxyl groups excluding tert-OH is 1. The van der Waals surface area contributed by atoms with Gasteiger partial charge in [0.15, 0.2) is 0 Å². The van der Waals surface area contributed by atoms with Gasteiger partial charge in [0.05, 0.1) is 0 Å². The molecule has 0 aliphatic rings. The van der Waals surface area contributed by atoms with Gasteiger partial charge >= 0.3 is 0 Å². The summed E-state index contributed by atoms with van der Waals surface area (Å²) >= 11 is 0. The Kier molecular flexibility index (Phi) is 11.9. The van der Waals surface area contributed by atoms with Crippen LogP contribution in [0.3, 0.4) is 0 Å². The summed E-state index contributed by atoms with van der Waals surface area (Å²) < 4.78 is 0. The Balaban J connectivity index is 3.59. The number of nitrogens with one attached hydrogen (secondary N) is 1. The second-order valence-electron chi connectivity index (χ2n) is 6.03.